The molecule has 0 fully saturated rings. The Morgan fingerprint density at radius 2 is 2.18 bits per heavy atom. The summed E-state index contributed by atoms with van der Waals surface area (Å²) in [6.07, 6.45) is 4.17. The van der Waals surface area contributed by atoms with E-state index in [-0.39, 0.29) is 5.91 Å². The SMILES string of the molecule is CCCCCNC(=O)CCc1nc(-c2cccc(C)c2)no1. The largest absolute Gasteiger partial charge is 0.356 e. The quantitative estimate of drug-likeness (QED) is 0.760. The molecule has 1 heterocycles. The van der Waals surface area contributed by atoms with Gasteiger partial charge in [0.1, 0.15) is 0 Å². The van der Waals surface area contributed by atoms with Crippen LogP contribution in [0.5, 0.6) is 0 Å². The Morgan fingerprint density at radius 3 is 2.95 bits per heavy atom. The first-order valence-corrected chi connectivity index (χ1v) is 7.85. The number of benzene rings is 1. The summed E-state index contributed by atoms with van der Waals surface area (Å²) in [5.41, 5.74) is 2.08. The maximum Gasteiger partial charge on any atom is 0.227 e. The molecule has 5 nitrogen and oxygen atoms in total. The van der Waals surface area contributed by atoms with E-state index >= 15 is 0 Å². The van der Waals surface area contributed by atoms with Gasteiger partial charge in [0.05, 0.1) is 0 Å². The minimum atomic E-state index is 0.0337. The van der Waals surface area contributed by atoms with Crippen LogP contribution < -0.4 is 5.32 Å². The van der Waals surface area contributed by atoms with Gasteiger partial charge in [-0.2, -0.15) is 4.98 Å². The number of aromatic nitrogens is 2. The third-order valence-corrected chi connectivity index (χ3v) is 3.41. The second kappa shape index (κ2) is 8.32. The lowest BCUT2D eigenvalue weighted by Gasteiger charge is -2.02. The molecule has 0 bridgehead atoms. The van der Waals surface area contributed by atoms with Crippen molar-refractivity contribution in [2.45, 2.75) is 46.0 Å². The smallest absolute Gasteiger partial charge is 0.227 e. The number of rotatable bonds is 8. The number of unbranched alkanes of at least 4 members (excludes halogenated alkanes) is 2. The van der Waals surface area contributed by atoms with Gasteiger partial charge in [-0.15, -0.1) is 0 Å². The van der Waals surface area contributed by atoms with Gasteiger partial charge in [0.15, 0.2) is 0 Å². The summed E-state index contributed by atoms with van der Waals surface area (Å²) in [5.74, 6) is 1.11. The Balaban J connectivity index is 1.81. The molecular formula is C17H23N3O2. The molecule has 1 amide bonds. The van der Waals surface area contributed by atoms with E-state index in [0.717, 1.165) is 36.9 Å². The fraction of sp³-hybridized carbons (Fsp3) is 0.471. The molecule has 0 saturated heterocycles. The average molecular weight is 301 g/mol. The van der Waals surface area contributed by atoms with Gasteiger partial charge in [-0.25, -0.2) is 0 Å². The van der Waals surface area contributed by atoms with Crippen LogP contribution in [0.3, 0.4) is 0 Å². The predicted molar refractivity (Wildman–Crippen MR) is 85.3 cm³/mol. The second-order valence-corrected chi connectivity index (χ2v) is 5.44. The van der Waals surface area contributed by atoms with Crippen molar-refractivity contribution in [2.24, 2.45) is 0 Å². The minimum absolute atomic E-state index is 0.0337. The van der Waals surface area contributed by atoms with Crippen molar-refractivity contribution in [3.05, 3.63) is 35.7 Å². The summed E-state index contributed by atoms with van der Waals surface area (Å²) < 4.78 is 5.21. The van der Waals surface area contributed by atoms with Gasteiger partial charge in [-0.05, 0) is 19.4 Å². The van der Waals surface area contributed by atoms with Gasteiger partial charge >= 0.3 is 0 Å². The fourth-order valence-corrected chi connectivity index (χ4v) is 2.17. The topological polar surface area (TPSA) is 68.0 Å². The highest BCUT2D eigenvalue weighted by atomic mass is 16.5. The van der Waals surface area contributed by atoms with E-state index in [2.05, 4.69) is 22.4 Å². The fourth-order valence-electron chi connectivity index (χ4n) is 2.17. The van der Waals surface area contributed by atoms with Crippen molar-refractivity contribution in [2.75, 3.05) is 6.54 Å². The molecule has 22 heavy (non-hydrogen) atoms. The molecule has 0 atom stereocenters. The number of aryl methyl sites for hydroxylation is 2. The number of hydrogen-bond donors (Lipinski definition) is 1. The zero-order chi connectivity index (χ0) is 15.8. The number of nitrogens with one attached hydrogen (secondary N) is 1. The summed E-state index contributed by atoms with van der Waals surface area (Å²) in [7, 11) is 0. The van der Waals surface area contributed by atoms with Crippen LogP contribution >= 0.6 is 0 Å². The van der Waals surface area contributed by atoms with Gasteiger partial charge in [0, 0.05) is 24.9 Å². The third kappa shape index (κ3) is 4.98. The Labute approximate surface area is 131 Å². The van der Waals surface area contributed by atoms with E-state index in [1.54, 1.807) is 0 Å². The first-order chi connectivity index (χ1) is 10.7. The van der Waals surface area contributed by atoms with Gasteiger partial charge in [-0.3, -0.25) is 4.79 Å². The molecule has 2 rings (SSSR count). The standard InChI is InChI=1S/C17H23N3O2/c1-3-4-5-11-18-15(21)9-10-16-19-17(20-22-16)14-8-6-7-13(2)12-14/h6-8,12H,3-5,9-11H2,1-2H3,(H,18,21). The molecule has 118 valence electrons. The van der Waals surface area contributed by atoms with E-state index in [1.807, 2.05) is 31.2 Å². The molecule has 0 aliphatic carbocycles. The van der Waals surface area contributed by atoms with E-state index in [0.29, 0.717) is 24.6 Å². The van der Waals surface area contributed by atoms with Crippen molar-refractivity contribution in [1.82, 2.24) is 15.5 Å². The van der Waals surface area contributed by atoms with Crippen LogP contribution in [0.25, 0.3) is 11.4 Å². The van der Waals surface area contributed by atoms with Crippen LogP contribution in [0.15, 0.2) is 28.8 Å². The molecule has 0 aliphatic rings. The molecule has 0 saturated carbocycles. The Morgan fingerprint density at radius 1 is 1.32 bits per heavy atom. The molecule has 1 aromatic heterocycles. The van der Waals surface area contributed by atoms with Crippen molar-refractivity contribution in [3.63, 3.8) is 0 Å². The Bertz CT molecular complexity index is 607. The molecule has 2 aromatic rings. The lowest BCUT2D eigenvalue weighted by molar-refractivity contribution is -0.121. The van der Waals surface area contributed by atoms with E-state index < -0.39 is 0 Å². The first kappa shape index (κ1) is 16.2. The summed E-state index contributed by atoms with van der Waals surface area (Å²) in [6.45, 7) is 4.90. The van der Waals surface area contributed by atoms with Gasteiger partial charge in [0.2, 0.25) is 17.6 Å². The monoisotopic (exact) mass is 301 g/mol. The van der Waals surface area contributed by atoms with Crippen LogP contribution in [0, 0.1) is 6.92 Å². The van der Waals surface area contributed by atoms with Crippen LogP contribution in [0.2, 0.25) is 0 Å². The predicted octanol–water partition coefficient (Wildman–Crippen LogP) is 3.28. The molecular weight excluding hydrogens is 278 g/mol. The maximum absolute atomic E-state index is 11.7. The van der Waals surface area contributed by atoms with Gasteiger partial charge in [0.25, 0.3) is 0 Å². The average Bonchev–Trinajstić information content (AvgIpc) is 2.98. The van der Waals surface area contributed by atoms with Crippen LogP contribution in [-0.2, 0) is 11.2 Å². The molecule has 0 unspecified atom stereocenters. The third-order valence-electron chi connectivity index (χ3n) is 3.41. The zero-order valence-corrected chi connectivity index (χ0v) is 13.3. The van der Waals surface area contributed by atoms with Crippen LogP contribution in [0.4, 0.5) is 0 Å². The van der Waals surface area contributed by atoms with Crippen molar-refractivity contribution in [3.8, 4) is 11.4 Å². The lowest BCUT2D eigenvalue weighted by atomic mass is 10.1. The highest BCUT2D eigenvalue weighted by Gasteiger charge is 2.10. The number of hydrogen-bond acceptors (Lipinski definition) is 4. The number of carbonyl (C=O) groups is 1. The Kier molecular flexibility index (Phi) is 6.13. The minimum Gasteiger partial charge on any atom is -0.356 e. The van der Waals surface area contributed by atoms with Crippen LogP contribution in [0.1, 0.15) is 44.1 Å². The maximum atomic E-state index is 11.7. The van der Waals surface area contributed by atoms with Gasteiger partial charge < -0.3 is 9.84 Å². The van der Waals surface area contributed by atoms with Gasteiger partial charge in [-0.1, -0.05) is 48.7 Å². The van der Waals surface area contributed by atoms with E-state index in [4.69, 9.17) is 4.52 Å². The number of nitrogens with zero attached hydrogens (tertiary/aromatic N) is 2. The normalized spacial score (nSPS) is 10.6. The first-order valence-electron chi connectivity index (χ1n) is 7.85. The molecule has 0 aliphatic heterocycles. The zero-order valence-electron chi connectivity index (χ0n) is 13.3. The summed E-state index contributed by atoms with van der Waals surface area (Å²) in [6, 6.07) is 7.94. The molecule has 0 radical (unpaired) electrons. The molecule has 5 heteroatoms. The van der Waals surface area contributed by atoms with Crippen LogP contribution in [-0.4, -0.2) is 22.6 Å². The highest BCUT2D eigenvalue weighted by Crippen LogP contribution is 2.17. The Hall–Kier alpha value is -2.17. The number of amides is 1. The lowest BCUT2D eigenvalue weighted by Crippen LogP contribution is -2.24. The molecule has 0 spiro atoms. The highest BCUT2D eigenvalue weighted by molar-refractivity contribution is 5.75. The molecule has 1 N–H and O–H groups in total. The van der Waals surface area contributed by atoms with Crippen molar-refractivity contribution in [1.29, 1.82) is 0 Å². The summed E-state index contributed by atoms with van der Waals surface area (Å²) >= 11 is 0. The number of carbonyl (C=O) groups excluding carboxylic acids is 1. The summed E-state index contributed by atoms with van der Waals surface area (Å²) in [5, 5.41) is 6.88. The van der Waals surface area contributed by atoms with E-state index in [1.165, 1.54) is 0 Å². The second-order valence-electron chi connectivity index (χ2n) is 5.44. The molecule has 1 aromatic carbocycles. The van der Waals surface area contributed by atoms with Crippen molar-refractivity contribution >= 4 is 5.91 Å². The summed E-state index contributed by atoms with van der Waals surface area (Å²) in [4.78, 5) is 16.0. The van der Waals surface area contributed by atoms with Crippen molar-refractivity contribution < 1.29 is 9.32 Å². The van der Waals surface area contributed by atoms with E-state index in [9.17, 15) is 4.79 Å².